The van der Waals surface area contributed by atoms with Gasteiger partial charge in [-0.15, -0.1) is 0 Å². The number of pyridine rings is 1. The highest BCUT2D eigenvalue weighted by molar-refractivity contribution is 9.09. The lowest BCUT2D eigenvalue weighted by Gasteiger charge is -2.20. The molecule has 0 atom stereocenters. The number of fused-ring (bicyclic) bond motifs is 1. The van der Waals surface area contributed by atoms with Gasteiger partial charge in [-0.05, 0) is 12.1 Å². The minimum atomic E-state index is -0.0160. The molecule has 0 aromatic carbocycles. The van der Waals surface area contributed by atoms with Crippen LogP contribution in [0.5, 0.6) is 0 Å². The van der Waals surface area contributed by atoms with Crippen LogP contribution >= 0.6 is 15.9 Å². The summed E-state index contributed by atoms with van der Waals surface area (Å²) in [5, 5.41) is 4.93. The zero-order valence-electron chi connectivity index (χ0n) is 10.8. The van der Waals surface area contributed by atoms with Crippen LogP contribution in [0.4, 0.5) is 0 Å². The average molecular weight is 326 g/mol. The fraction of sp³-hybridized carbons (Fsp3) is 0.385. The van der Waals surface area contributed by atoms with Crippen LogP contribution in [0.1, 0.15) is 10.4 Å². The minimum Gasteiger partial charge on any atom is -0.383 e. The molecule has 0 N–H and O–H groups in total. The van der Waals surface area contributed by atoms with E-state index in [0.717, 1.165) is 10.8 Å². The van der Waals surface area contributed by atoms with Gasteiger partial charge in [-0.1, -0.05) is 22.0 Å². The van der Waals surface area contributed by atoms with E-state index in [1.807, 2.05) is 24.4 Å². The third kappa shape index (κ3) is 3.13. The lowest BCUT2D eigenvalue weighted by atomic mass is 10.2. The van der Waals surface area contributed by atoms with Crippen molar-refractivity contribution in [1.29, 1.82) is 0 Å². The maximum absolute atomic E-state index is 12.5. The fourth-order valence-corrected chi connectivity index (χ4v) is 2.32. The molecule has 0 fully saturated rings. The summed E-state index contributed by atoms with van der Waals surface area (Å²) in [6.07, 6.45) is 3.45. The van der Waals surface area contributed by atoms with Crippen molar-refractivity contribution >= 4 is 27.4 Å². The SMILES string of the molecule is COCCN(CCBr)C(=O)c1cnn2ccccc12. The quantitative estimate of drug-likeness (QED) is 0.761. The Bertz CT molecular complexity index is 556. The number of ether oxygens (including phenoxy) is 1. The van der Waals surface area contributed by atoms with Gasteiger partial charge in [0.1, 0.15) is 0 Å². The number of amides is 1. The maximum Gasteiger partial charge on any atom is 0.257 e. The highest BCUT2D eigenvalue weighted by Crippen LogP contribution is 2.13. The predicted molar refractivity (Wildman–Crippen MR) is 76.8 cm³/mol. The molecule has 102 valence electrons. The molecule has 0 radical (unpaired) electrons. The molecule has 6 heteroatoms. The third-order valence-corrected chi connectivity index (χ3v) is 3.22. The summed E-state index contributed by atoms with van der Waals surface area (Å²) in [6.45, 7) is 1.75. The molecule has 2 heterocycles. The van der Waals surface area contributed by atoms with Crippen molar-refractivity contribution in [2.24, 2.45) is 0 Å². The van der Waals surface area contributed by atoms with Crippen LogP contribution in [-0.2, 0) is 4.74 Å². The summed E-state index contributed by atoms with van der Waals surface area (Å²) >= 11 is 3.37. The fourth-order valence-electron chi connectivity index (χ4n) is 1.89. The van der Waals surface area contributed by atoms with Crippen LogP contribution in [0, 0.1) is 0 Å². The molecule has 2 aromatic heterocycles. The van der Waals surface area contributed by atoms with E-state index in [1.165, 1.54) is 0 Å². The molecule has 0 saturated carbocycles. The zero-order chi connectivity index (χ0) is 13.7. The standard InChI is InChI=1S/C13H16BrN3O2/c1-19-9-8-16(7-5-14)13(18)11-10-15-17-6-3-2-4-12(11)17/h2-4,6,10H,5,7-9H2,1H3. The Morgan fingerprint density at radius 1 is 1.47 bits per heavy atom. The summed E-state index contributed by atoms with van der Waals surface area (Å²) in [7, 11) is 1.63. The van der Waals surface area contributed by atoms with Crippen LogP contribution in [0.2, 0.25) is 0 Å². The maximum atomic E-state index is 12.5. The molecular formula is C13H16BrN3O2. The molecule has 0 unspecified atom stereocenters. The van der Waals surface area contributed by atoms with Crippen molar-refractivity contribution in [3.05, 3.63) is 36.2 Å². The van der Waals surface area contributed by atoms with Gasteiger partial charge in [0.05, 0.1) is 23.9 Å². The molecule has 5 nitrogen and oxygen atoms in total. The number of halogens is 1. The van der Waals surface area contributed by atoms with Crippen molar-refractivity contribution in [2.45, 2.75) is 0 Å². The second-order valence-electron chi connectivity index (χ2n) is 4.06. The first kappa shape index (κ1) is 14.0. The Hall–Kier alpha value is -1.40. The van der Waals surface area contributed by atoms with Crippen molar-refractivity contribution in [3.63, 3.8) is 0 Å². The number of rotatable bonds is 6. The Balaban J connectivity index is 2.25. The Morgan fingerprint density at radius 3 is 3.05 bits per heavy atom. The van der Waals surface area contributed by atoms with Crippen molar-refractivity contribution in [3.8, 4) is 0 Å². The topological polar surface area (TPSA) is 46.8 Å². The number of carbonyl (C=O) groups excluding carboxylic acids is 1. The van der Waals surface area contributed by atoms with Crippen LogP contribution in [0.3, 0.4) is 0 Å². The van der Waals surface area contributed by atoms with Crippen LogP contribution in [0.25, 0.3) is 5.52 Å². The Kier molecular flexibility index (Phi) is 4.93. The second-order valence-corrected chi connectivity index (χ2v) is 4.86. The largest absolute Gasteiger partial charge is 0.383 e. The van der Waals surface area contributed by atoms with Crippen molar-refractivity contribution < 1.29 is 9.53 Å². The number of methoxy groups -OCH3 is 1. The number of carbonyl (C=O) groups is 1. The monoisotopic (exact) mass is 325 g/mol. The van der Waals surface area contributed by atoms with Gasteiger partial charge in [0.25, 0.3) is 5.91 Å². The Labute approximate surface area is 120 Å². The molecule has 0 aliphatic carbocycles. The second kappa shape index (κ2) is 6.68. The molecule has 0 bridgehead atoms. The van der Waals surface area contributed by atoms with E-state index in [2.05, 4.69) is 21.0 Å². The molecule has 2 rings (SSSR count). The van der Waals surface area contributed by atoms with Gasteiger partial charge < -0.3 is 9.64 Å². The zero-order valence-corrected chi connectivity index (χ0v) is 12.3. The van der Waals surface area contributed by atoms with Crippen molar-refractivity contribution in [2.75, 3.05) is 32.1 Å². The highest BCUT2D eigenvalue weighted by Gasteiger charge is 2.18. The molecule has 0 aliphatic rings. The number of hydrogen-bond acceptors (Lipinski definition) is 3. The van der Waals surface area contributed by atoms with Crippen LogP contribution < -0.4 is 0 Å². The van der Waals surface area contributed by atoms with E-state index >= 15 is 0 Å². The predicted octanol–water partition coefficient (Wildman–Crippen LogP) is 1.82. The Morgan fingerprint density at radius 2 is 2.32 bits per heavy atom. The first-order valence-electron chi connectivity index (χ1n) is 6.04. The molecular weight excluding hydrogens is 310 g/mol. The smallest absolute Gasteiger partial charge is 0.257 e. The normalized spacial score (nSPS) is 10.8. The van der Waals surface area contributed by atoms with E-state index in [1.54, 1.807) is 22.7 Å². The van der Waals surface area contributed by atoms with Gasteiger partial charge >= 0.3 is 0 Å². The molecule has 1 amide bonds. The van der Waals surface area contributed by atoms with Gasteiger partial charge in [-0.2, -0.15) is 5.10 Å². The highest BCUT2D eigenvalue weighted by atomic mass is 79.9. The van der Waals surface area contributed by atoms with Gasteiger partial charge in [-0.3, -0.25) is 4.79 Å². The van der Waals surface area contributed by atoms with Crippen LogP contribution in [0.15, 0.2) is 30.6 Å². The summed E-state index contributed by atoms with van der Waals surface area (Å²) in [5.41, 5.74) is 1.45. The van der Waals surface area contributed by atoms with E-state index in [9.17, 15) is 4.79 Å². The van der Waals surface area contributed by atoms with Gasteiger partial charge in [0, 0.05) is 31.7 Å². The summed E-state index contributed by atoms with van der Waals surface area (Å²) in [5.74, 6) is -0.0160. The van der Waals surface area contributed by atoms with E-state index < -0.39 is 0 Å². The van der Waals surface area contributed by atoms with E-state index in [-0.39, 0.29) is 5.91 Å². The third-order valence-electron chi connectivity index (χ3n) is 2.86. The van der Waals surface area contributed by atoms with Gasteiger partial charge in [-0.25, -0.2) is 4.52 Å². The lowest BCUT2D eigenvalue weighted by Crippen LogP contribution is -2.35. The minimum absolute atomic E-state index is 0.0160. The van der Waals surface area contributed by atoms with Crippen LogP contribution in [-0.4, -0.2) is 52.6 Å². The molecule has 19 heavy (non-hydrogen) atoms. The number of hydrogen-bond donors (Lipinski definition) is 0. The lowest BCUT2D eigenvalue weighted by molar-refractivity contribution is 0.0711. The number of aromatic nitrogens is 2. The molecule has 0 saturated heterocycles. The van der Waals surface area contributed by atoms with E-state index in [0.29, 0.717) is 25.3 Å². The average Bonchev–Trinajstić information content (AvgIpc) is 2.86. The van der Waals surface area contributed by atoms with Gasteiger partial charge in [0.15, 0.2) is 0 Å². The first-order valence-corrected chi connectivity index (χ1v) is 7.16. The summed E-state index contributed by atoms with van der Waals surface area (Å²) in [6, 6.07) is 5.68. The molecule has 2 aromatic rings. The van der Waals surface area contributed by atoms with Gasteiger partial charge in [0.2, 0.25) is 0 Å². The number of alkyl halides is 1. The summed E-state index contributed by atoms with van der Waals surface area (Å²) in [4.78, 5) is 14.3. The molecule has 0 aliphatic heterocycles. The van der Waals surface area contributed by atoms with Crippen molar-refractivity contribution in [1.82, 2.24) is 14.5 Å². The summed E-state index contributed by atoms with van der Waals surface area (Å²) < 4.78 is 6.75. The molecule has 0 spiro atoms. The first-order chi connectivity index (χ1) is 9.27. The van der Waals surface area contributed by atoms with E-state index in [4.69, 9.17) is 4.74 Å². The number of nitrogens with zero attached hydrogens (tertiary/aromatic N) is 3.